The summed E-state index contributed by atoms with van der Waals surface area (Å²) in [5.74, 6) is 0.693. The van der Waals surface area contributed by atoms with E-state index in [1.807, 2.05) is 18.2 Å². The van der Waals surface area contributed by atoms with E-state index in [4.69, 9.17) is 4.74 Å². The second-order valence-electron chi connectivity index (χ2n) is 19.6. The monoisotopic (exact) mass is 934 g/mol. The Morgan fingerprint density at radius 1 is 0.615 bits per heavy atom. The highest BCUT2D eigenvalue weighted by atomic mass is 32.2. The SMILES string of the molecule is CCCCCCCCCCCCCCCCCCCCCCOc1ccc(S(=O)(=O)c2cnc3ccc([S@@](C)=O)cc3c2N2CCC(N3CCN(C4CCN(CC)CC4)CC3)CC2)cc1. The molecule has 3 aliphatic rings. The van der Waals surface area contributed by atoms with Gasteiger partial charge in [-0.15, -0.1) is 0 Å². The van der Waals surface area contributed by atoms with Crippen molar-refractivity contribution in [2.45, 2.75) is 195 Å². The van der Waals surface area contributed by atoms with E-state index in [-0.39, 0.29) is 9.79 Å². The number of hydrogen-bond donors (Lipinski definition) is 0. The van der Waals surface area contributed by atoms with Crippen molar-refractivity contribution in [1.82, 2.24) is 19.7 Å². The molecule has 1 aromatic heterocycles. The second-order valence-corrected chi connectivity index (χ2v) is 22.9. The van der Waals surface area contributed by atoms with E-state index in [2.05, 4.69) is 38.4 Å². The van der Waals surface area contributed by atoms with Gasteiger partial charge < -0.3 is 14.5 Å². The quantitative estimate of drug-likeness (QED) is 0.0632. The summed E-state index contributed by atoms with van der Waals surface area (Å²) in [6.45, 7) is 14.8. The number of piperidine rings is 2. The fourth-order valence-corrected chi connectivity index (χ4v) is 12.7. The molecule has 11 heteroatoms. The number of nitrogens with zero attached hydrogens (tertiary/aromatic N) is 5. The molecule has 3 aromatic rings. The third kappa shape index (κ3) is 16.0. The third-order valence-corrected chi connectivity index (χ3v) is 17.7. The van der Waals surface area contributed by atoms with Gasteiger partial charge in [0.15, 0.2) is 0 Å². The van der Waals surface area contributed by atoms with Gasteiger partial charge >= 0.3 is 0 Å². The van der Waals surface area contributed by atoms with Crippen LogP contribution in [-0.2, 0) is 20.6 Å². The molecule has 3 saturated heterocycles. The zero-order valence-electron chi connectivity index (χ0n) is 41.0. The number of unbranched alkanes of at least 4 members (excludes halogenated alkanes) is 19. The van der Waals surface area contributed by atoms with Gasteiger partial charge in [-0.3, -0.25) is 19.0 Å². The van der Waals surface area contributed by atoms with Crippen LogP contribution in [0.1, 0.15) is 168 Å². The van der Waals surface area contributed by atoms with Crippen molar-refractivity contribution in [1.29, 1.82) is 0 Å². The van der Waals surface area contributed by atoms with Crippen LogP contribution in [-0.4, -0.2) is 116 Å². The van der Waals surface area contributed by atoms with Crippen LogP contribution in [0.3, 0.4) is 0 Å². The average Bonchev–Trinajstić information content (AvgIpc) is 3.34. The molecule has 4 heterocycles. The average molecular weight is 934 g/mol. The van der Waals surface area contributed by atoms with Crippen LogP contribution in [0.4, 0.5) is 5.69 Å². The first-order valence-corrected chi connectivity index (χ1v) is 29.5. The number of fused-ring (bicyclic) bond motifs is 1. The van der Waals surface area contributed by atoms with Gasteiger partial charge in [0.2, 0.25) is 9.84 Å². The van der Waals surface area contributed by atoms with E-state index in [1.165, 1.54) is 148 Å². The number of aromatic nitrogens is 1. The number of rotatable bonds is 29. The molecule has 364 valence electrons. The van der Waals surface area contributed by atoms with Crippen LogP contribution in [0.5, 0.6) is 5.75 Å². The molecule has 1 atom stereocenters. The van der Waals surface area contributed by atoms with Crippen molar-refractivity contribution in [3.8, 4) is 5.75 Å². The Bertz CT molecular complexity index is 1940. The smallest absolute Gasteiger partial charge is 0.210 e. The summed E-state index contributed by atoms with van der Waals surface area (Å²) in [4.78, 5) is 16.0. The van der Waals surface area contributed by atoms with Gasteiger partial charge in [-0.05, 0) is 94.2 Å². The largest absolute Gasteiger partial charge is 0.494 e. The molecule has 0 spiro atoms. The summed E-state index contributed by atoms with van der Waals surface area (Å²) in [5, 5.41) is 0.745. The van der Waals surface area contributed by atoms with Crippen LogP contribution >= 0.6 is 0 Å². The molecule has 0 unspecified atom stereocenters. The van der Waals surface area contributed by atoms with Gasteiger partial charge in [-0.2, -0.15) is 0 Å². The first-order chi connectivity index (χ1) is 31.8. The van der Waals surface area contributed by atoms with Gasteiger partial charge in [-0.1, -0.05) is 136 Å². The lowest BCUT2D eigenvalue weighted by Gasteiger charge is -2.46. The van der Waals surface area contributed by atoms with Crippen LogP contribution in [0.2, 0.25) is 0 Å². The Morgan fingerprint density at radius 3 is 1.57 bits per heavy atom. The summed E-state index contributed by atoms with van der Waals surface area (Å²) in [7, 11) is -5.14. The Balaban J connectivity index is 0.919. The van der Waals surface area contributed by atoms with E-state index in [9.17, 15) is 12.6 Å². The van der Waals surface area contributed by atoms with Crippen molar-refractivity contribution in [3.05, 3.63) is 48.7 Å². The van der Waals surface area contributed by atoms with Gasteiger partial charge in [0, 0.05) is 84.9 Å². The Morgan fingerprint density at radius 2 is 1.09 bits per heavy atom. The highest BCUT2D eigenvalue weighted by molar-refractivity contribution is 7.91. The molecule has 9 nitrogen and oxygen atoms in total. The lowest BCUT2D eigenvalue weighted by molar-refractivity contribution is 0.0384. The van der Waals surface area contributed by atoms with Crippen molar-refractivity contribution in [2.75, 3.05) is 76.7 Å². The third-order valence-electron chi connectivity index (χ3n) is 15.0. The summed E-state index contributed by atoms with van der Waals surface area (Å²) in [6, 6.07) is 13.7. The van der Waals surface area contributed by atoms with Gasteiger partial charge in [-0.25, -0.2) is 8.42 Å². The Hall–Kier alpha value is -2.57. The lowest BCUT2D eigenvalue weighted by atomic mass is 9.99. The zero-order valence-corrected chi connectivity index (χ0v) is 42.6. The molecule has 6 rings (SSSR count). The number of sulfone groups is 1. The summed E-state index contributed by atoms with van der Waals surface area (Å²) >= 11 is 0. The highest BCUT2D eigenvalue weighted by Gasteiger charge is 2.34. The van der Waals surface area contributed by atoms with Crippen molar-refractivity contribution < 1.29 is 17.4 Å². The number of piperazine rings is 1. The lowest BCUT2D eigenvalue weighted by Crippen LogP contribution is -2.56. The number of hydrogen-bond acceptors (Lipinski definition) is 9. The highest BCUT2D eigenvalue weighted by Crippen LogP contribution is 2.39. The topological polar surface area (TPSA) is 86.3 Å². The van der Waals surface area contributed by atoms with Crippen molar-refractivity contribution in [2.24, 2.45) is 0 Å². The minimum atomic E-state index is -3.93. The van der Waals surface area contributed by atoms with Crippen molar-refractivity contribution >= 4 is 37.2 Å². The number of likely N-dealkylation sites (tertiary alicyclic amines) is 1. The molecular weight excluding hydrogens is 847 g/mol. The minimum absolute atomic E-state index is 0.211. The van der Waals surface area contributed by atoms with E-state index < -0.39 is 20.6 Å². The number of pyridine rings is 1. The molecule has 0 bridgehead atoms. The fraction of sp³-hybridized carbons (Fsp3) is 0.722. The molecular formula is C54H87N5O4S2. The molecule has 0 amide bonds. The van der Waals surface area contributed by atoms with Crippen LogP contribution in [0.15, 0.2) is 63.3 Å². The summed E-state index contributed by atoms with van der Waals surface area (Å²) in [6.07, 6.45) is 34.9. The van der Waals surface area contributed by atoms with Crippen LogP contribution < -0.4 is 9.64 Å². The molecule has 3 fully saturated rings. The number of anilines is 1. The molecule has 2 aromatic carbocycles. The maximum atomic E-state index is 14.6. The number of ether oxygens (including phenoxy) is 1. The van der Waals surface area contributed by atoms with E-state index in [1.54, 1.807) is 30.5 Å². The van der Waals surface area contributed by atoms with Crippen LogP contribution in [0, 0.1) is 0 Å². The van der Waals surface area contributed by atoms with Crippen LogP contribution in [0.25, 0.3) is 10.9 Å². The molecule has 0 aliphatic carbocycles. The summed E-state index contributed by atoms with van der Waals surface area (Å²) in [5.41, 5.74) is 1.40. The van der Waals surface area contributed by atoms with E-state index in [0.717, 1.165) is 76.9 Å². The van der Waals surface area contributed by atoms with Gasteiger partial charge in [0.1, 0.15) is 10.6 Å². The minimum Gasteiger partial charge on any atom is -0.494 e. The molecule has 65 heavy (non-hydrogen) atoms. The normalized spacial score (nSPS) is 18.2. The first kappa shape index (κ1) is 51.8. The maximum absolute atomic E-state index is 14.6. The van der Waals surface area contributed by atoms with Crippen molar-refractivity contribution in [3.63, 3.8) is 0 Å². The van der Waals surface area contributed by atoms with E-state index >= 15 is 0 Å². The van der Waals surface area contributed by atoms with Gasteiger partial charge in [0.25, 0.3) is 0 Å². The predicted molar refractivity (Wildman–Crippen MR) is 273 cm³/mol. The molecule has 0 N–H and O–H groups in total. The Labute approximate surface area is 398 Å². The molecule has 3 aliphatic heterocycles. The maximum Gasteiger partial charge on any atom is 0.210 e. The second kappa shape index (κ2) is 28.0. The van der Waals surface area contributed by atoms with Gasteiger partial charge in [0.05, 0.1) is 22.7 Å². The standard InChI is InChI=1S/C54H87N5O4S2/c1-4-6-7-8-9-10-11-12-13-14-15-16-17-18-19-20-21-22-23-24-43-63-48-25-28-50(29-26-48)65(61,62)53-45-55-52-30-27-49(64(3)60)44-51(52)54(53)59-37-33-47(34-38-59)58-41-39-57(40-42-58)46-31-35-56(5-2)36-32-46/h25-30,44-47H,4-24,31-43H2,1-3H3/t64-/m1/s1. The predicted octanol–water partition coefficient (Wildman–Crippen LogP) is 12.1. The van der Waals surface area contributed by atoms with E-state index in [0.29, 0.717) is 40.5 Å². The first-order valence-electron chi connectivity index (χ1n) is 26.5. The molecule has 0 radical (unpaired) electrons. The fourth-order valence-electron chi connectivity index (χ4n) is 10.8. The summed E-state index contributed by atoms with van der Waals surface area (Å²) < 4.78 is 47.9. The Kier molecular flexibility index (Phi) is 22.4. The number of benzene rings is 2. The molecule has 0 saturated carbocycles. The zero-order chi connectivity index (χ0) is 45.7.